The van der Waals surface area contributed by atoms with Crippen LogP contribution in [0, 0.1) is 0 Å². The zero-order chi connectivity index (χ0) is 10.7. The lowest BCUT2D eigenvalue weighted by molar-refractivity contribution is -0.127. The van der Waals surface area contributed by atoms with E-state index in [1.54, 1.807) is 6.07 Å². The standard InChI is InChI=1S/C12H13ClO2/c13-10-5-2-1-4-9(10)8-11(14)12-6-3-7-15-12/h1-2,4-5,12H,3,6-8H2. The molecule has 1 fully saturated rings. The monoisotopic (exact) mass is 224 g/mol. The summed E-state index contributed by atoms with van der Waals surface area (Å²) in [6, 6.07) is 7.45. The Balaban J connectivity index is 2.02. The molecule has 0 saturated carbocycles. The third kappa shape index (κ3) is 2.58. The summed E-state index contributed by atoms with van der Waals surface area (Å²) in [5.41, 5.74) is 0.889. The van der Waals surface area contributed by atoms with Crippen molar-refractivity contribution >= 4 is 17.4 Å². The van der Waals surface area contributed by atoms with Crippen molar-refractivity contribution < 1.29 is 9.53 Å². The van der Waals surface area contributed by atoms with Gasteiger partial charge in [-0.2, -0.15) is 0 Å². The minimum absolute atomic E-state index is 0.139. The molecule has 1 aromatic carbocycles. The third-order valence-electron chi connectivity index (χ3n) is 2.61. The van der Waals surface area contributed by atoms with E-state index in [4.69, 9.17) is 16.3 Å². The first kappa shape index (κ1) is 10.7. The van der Waals surface area contributed by atoms with E-state index in [0.29, 0.717) is 18.1 Å². The maximum atomic E-state index is 11.8. The Morgan fingerprint density at radius 3 is 2.93 bits per heavy atom. The number of hydrogen-bond acceptors (Lipinski definition) is 2. The van der Waals surface area contributed by atoms with E-state index >= 15 is 0 Å². The molecule has 1 heterocycles. The summed E-state index contributed by atoms with van der Waals surface area (Å²) in [5, 5.41) is 0.656. The molecule has 1 unspecified atom stereocenters. The molecule has 2 nitrogen and oxygen atoms in total. The molecule has 80 valence electrons. The number of halogens is 1. The van der Waals surface area contributed by atoms with Crippen LogP contribution in [0.3, 0.4) is 0 Å². The van der Waals surface area contributed by atoms with Gasteiger partial charge in [-0.15, -0.1) is 0 Å². The molecule has 2 rings (SSSR count). The van der Waals surface area contributed by atoms with Crippen molar-refractivity contribution in [1.82, 2.24) is 0 Å². The zero-order valence-corrected chi connectivity index (χ0v) is 9.17. The molecular weight excluding hydrogens is 212 g/mol. The van der Waals surface area contributed by atoms with Gasteiger partial charge in [0.15, 0.2) is 5.78 Å². The van der Waals surface area contributed by atoms with Gasteiger partial charge >= 0.3 is 0 Å². The Morgan fingerprint density at radius 2 is 2.27 bits per heavy atom. The van der Waals surface area contributed by atoms with Crippen LogP contribution in [0.5, 0.6) is 0 Å². The summed E-state index contributed by atoms with van der Waals surface area (Å²) in [6.45, 7) is 0.707. The summed E-state index contributed by atoms with van der Waals surface area (Å²) in [7, 11) is 0. The maximum absolute atomic E-state index is 11.8. The molecule has 15 heavy (non-hydrogen) atoms. The van der Waals surface area contributed by atoms with Crippen molar-refractivity contribution in [2.45, 2.75) is 25.4 Å². The maximum Gasteiger partial charge on any atom is 0.165 e. The Kier molecular flexibility index (Phi) is 3.39. The van der Waals surface area contributed by atoms with Gasteiger partial charge in [0.25, 0.3) is 0 Å². The van der Waals surface area contributed by atoms with E-state index in [1.807, 2.05) is 18.2 Å². The molecular formula is C12H13ClO2. The number of benzene rings is 1. The Bertz CT molecular complexity index is 356. The van der Waals surface area contributed by atoms with E-state index in [-0.39, 0.29) is 11.9 Å². The molecule has 0 aliphatic carbocycles. The molecule has 0 amide bonds. The molecule has 0 radical (unpaired) electrons. The fourth-order valence-corrected chi connectivity index (χ4v) is 1.98. The highest BCUT2D eigenvalue weighted by Gasteiger charge is 2.23. The second kappa shape index (κ2) is 4.77. The molecule has 1 aromatic rings. The van der Waals surface area contributed by atoms with Crippen molar-refractivity contribution in [3.8, 4) is 0 Å². The third-order valence-corrected chi connectivity index (χ3v) is 2.98. The highest BCUT2D eigenvalue weighted by atomic mass is 35.5. The van der Waals surface area contributed by atoms with Crippen LogP contribution in [-0.4, -0.2) is 18.5 Å². The largest absolute Gasteiger partial charge is 0.370 e. The molecule has 0 spiro atoms. The number of ether oxygens (including phenoxy) is 1. The van der Waals surface area contributed by atoms with Crippen molar-refractivity contribution in [1.29, 1.82) is 0 Å². The normalized spacial score (nSPS) is 20.5. The van der Waals surface area contributed by atoms with Gasteiger partial charge in [0.2, 0.25) is 0 Å². The molecule has 1 aliphatic rings. The first-order valence-electron chi connectivity index (χ1n) is 5.15. The van der Waals surface area contributed by atoms with Crippen LogP contribution in [0.2, 0.25) is 5.02 Å². The zero-order valence-electron chi connectivity index (χ0n) is 8.41. The molecule has 0 aromatic heterocycles. The number of carbonyl (C=O) groups excluding carboxylic acids is 1. The molecule has 1 atom stereocenters. The second-order valence-electron chi connectivity index (χ2n) is 3.74. The van der Waals surface area contributed by atoms with Gasteiger partial charge in [-0.3, -0.25) is 4.79 Å². The Morgan fingerprint density at radius 1 is 1.47 bits per heavy atom. The number of carbonyl (C=O) groups is 1. The summed E-state index contributed by atoms with van der Waals surface area (Å²) < 4.78 is 5.33. The Hall–Kier alpha value is -0.860. The lowest BCUT2D eigenvalue weighted by Crippen LogP contribution is -2.21. The molecule has 3 heteroatoms. The molecule has 0 bridgehead atoms. The number of ketones is 1. The van der Waals surface area contributed by atoms with Gasteiger partial charge in [0, 0.05) is 18.1 Å². The van der Waals surface area contributed by atoms with Crippen LogP contribution in [0.15, 0.2) is 24.3 Å². The van der Waals surface area contributed by atoms with Crippen LogP contribution in [0.25, 0.3) is 0 Å². The highest BCUT2D eigenvalue weighted by molar-refractivity contribution is 6.31. The lowest BCUT2D eigenvalue weighted by Gasteiger charge is -2.08. The predicted molar refractivity (Wildman–Crippen MR) is 59.1 cm³/mol. The van der Waals surface area contributed by atoms with E-state index in [1.165, 1.54) is 0 Å². The first-order chi connectivity index (χ1) is 7.27. The van der Waals surface area contributed by atoms with Gasteiger partial charge in [0.05, 0.1) is 0 Å². The topological polar surface area (TPSA) is 26.3 Å². The minimum Gasteiger partial charge on any atom is -0.370 e. The van der Waals surface area contributed by atoms with Crippen molar-refractivity contribution in [3.05, 3.63) is 34.9 Å². The van der Waals surface area contributed by atoms with Crippen molar-refractivity contribution in [3.63, 3.8) is 0 Å². The molecule has 1 aliphatic heterocycles. The van der Waals surface area contributed by atoms with E-state index < -0.39 is 0 Å². The number of rotatable bonds is 3. The van der Waals surface area contributed by atoms with Crippen molar-refractivity contribution in [2.75, 3.05) is 6.61 Å². The van der Waals surface area contributed by atoms with Crippen molar-refractivity contribution in [2.24, 2.45) is 0 Å². The average molecular weight is 225 g/mol. The van der Waals surface area contributed by atoms with Crippen LogP contribution in [0.4, 0.5) is 0 Å². The van der Waals surface area contributed by atoms with E-state index in [2.05, 4.69) is 0 Å². The predicted octanol–water partition coefficient (Wildman–Crippen LogP) is 2.63. The highest BCUT2D eigenvalue weighted by Crippen LogP contribution is 2.19. The summed E-state index contributed by atoms with van der Waals surface area (Å²) in [6.07, 6.45) is 2.01. The van der Waals surface area contributed by atoms with Gasteiger partial charge in [-0.1, -0.05) is 29.8 Å². The Labute approximate surface area is 94.2 Å². The van der Waals surface area contributed by atoms with Gasteiger partial charge < -0.3 is 4.74 Å². The van der Waals surface area contributed by atoms with E-state index in [9.17, 15) is 4.79 Å². The van der Waals surface area contributed by atoms with E-state index in [0.717, 1.165) is 18.4 Å². The minimum atomic E-state index is -0.207. The summed E-state index contributed by atoms with van der Waals surface area (Å²) >= 11 is 5.98. The summed E-state index contributed by atoms with van der Waals surface area (Å²) in [4.78, 5) is 11.8. The van der Waals surface area contributed by atoms with Gasteiger partial charge in [0.1, 0.15) is 6.10 Å². The first-order valence-corrected chi connectivity index (χ1v) is 5.53. The van der Waals surface area contributed by atoms with Crippen LogP contribution in [-0.2, 0) is 16.0 Å². The quantitative estimate of drug-likeness (QED) is 0.789. The fourth-order valence-electron chi connectivity index (χ4n) is 1.77. The number of Topliss-reactive ketones (excluding diaryl/α,β-unsaturated/α-hetero) is 1. The molecule has 1 saturated heterocycles. The second-order valence-corrected chi connectivity index (χ2v) is 4.14. The summed E-state index contributed by atoms with van der Waals surface area (Å²) in [5.74, 6) is 0.139. The SMILES string of the molecule is O=C(Cc1ccccc1Cl)C1CCCO1. The van der Waals surface area contributed by atoms with Gasteiger partial charge in [-0.25, -0.2) is 0 Å². The molecule has 0 N–H and O–H groups in total. The van der Waals surface area contributed by atoms with Gasteiger partial charge in [-0.05, 0) is 24.5 Å². The number of hydrogen-bond donors (Lipinski definition) is 0. The van der Waals surface area contributed by atoms with Crippen LogP contribution >= 0.6 is 11.6 Å². The van der Waals surface area contributed by atoms with Crippen LogP contribution in [0.1, 0.15) is 18.4 Å². The smallest absolute Gasteiger partial charge is 0.165 e. The van der Waals surface area contributed by atoms with Crippen LogP contribution < -0.4 is 0 Å². The fraction of sp³-hybridized carbons (Fsp3) is 0.417. The lowest BCUT2D eigenvalue weighted by atomic mass is 10.0. The average Bonchev–Trinajstić information content (AvgIpc) is 2.74.